The van der Waals surface area contributed by atoms with Gasteiger partial charge in [0.1, 0.15) is 11.4 Å². The lowest BCUT2D eigenvalue weighted by atomic mass is 10.2. The lowest BCUT2D eigenvalue weighted by Crippen LogP contribution is -2.36. The molecule has 7 heteroatoms. The molecule has 0 aliphatic carbocycles. The number of carbonyl (C=O) groups excluding carboxylic acids is 1. The minimum atomic E-state index is -0.342. The van der Waals surface area contributed by atoms with Crippen LogP contribution in [0.1, 0.15) is 10.4 Å². The van der Waals surface area contributed by atoms with Crippen molar-refractivity contribution in [2.24, 2.45) is 0 Å². The van der Waals surface area contributed by atoms with Crippen LogP contribution in [0.2, 0.25) is 0 Å². The van der Waals surface area contributed by atoms with Crippen LogP contribution >= 0.6 is 0 Å². The van der Waals surface area contributed by atoms with Gasteiger partial charge in [-0.1, -0.05) is 0 Å². The quantitative estimate of drug-likeness (QED) is 0.670. The van der Waals surface area contributed by atoms with Gasteiger partial charge in [0.15, 0.2) is 12.4 Å². The predicted octanol–water partition coefficient (Wildman–Crippen LogP) is 0.804. The number of rotatable bonds is 3. The standard InChI is InChI=1S/C15H16N4O3/c20-15(12-2-1-5-19(21)11-12)17-13-3-4-14(16-10-13)18-6-8-22-9-7-18/h1-5,10-11H,6-9H2,(H,17,20). The van der Waals surface area contributed by atoms with Gasteiger partial charge < -0.3 is 20.2 Å². The second kappa shape index (κ2) is 6.40. The molecule has 7 nitrogen and oxygen atoms in total. The molecule has 0 radical (unpaired) electrons. The van der Waals surface area contributed by atoms with Crippen molar-refractivity contribution in [2.45, 2.75) is 0 Å². The number of ether oxygens (including phenoxy) is 1. The number of nitrogens with one attached hydrogen (secondary N) is 1. The average molecular weight is 300 g/mol. The zero-order chi connectivity index (χ0) is 15.4. The molecule has 2 aromatic heterocycles. The Morgan fingerprint density at radius 3 is 2.82 bits per heavy atom. The van der Waals surface area contributed by atoms with Crippen molar-refractivity contribution >= 4 is 17.4 Å². The molecular weight excluding hydrogens is 284 g/mol. The van der Waals surface area contributed by atoms with Gasteiger partial charge in [0.25, 0.3) is 5.91 Å². The minimum absolute atomic E-state index is 0.301. The second-order valence-electron chi connectivity index (χ2n) is 4.91. The first-order valence-corrected chi connectivity index (χ1v) is 7.01. The van der Waals surface area contributed by atoms with Crippen LogP contribution in [0.5, 0.6) is 0 Å². The largest absolute Gasteiger partial charge is 0.619 e. The normalized spacial score (nSPS) is 14.6. The zero-order valence-electron chi connectivity index (χ0n) is 11.9. The number of amides is 1. The van der Waals surface area contributed by atoms with Crippen LogP contribution in [0, 0.1) is 5.21 Å². The molecule has 1 amide bonds. The van der Waals surface area contributed by atoms with E-state index in [0.717, 1.165) is 18.9 Å². The lowest BCUT2D eigenvalue weighted by Gasteiger charge is -2.27. The van der Waals surface area contributed by atoms with Crippen molar-refractivity contribution in [1.82, 2.24) is 4.98 Å². The fourth-order valence-corrected chi connectivity index (χ4v) is 2.23. The van der Waals surface area contributed by atoms with Gasteiger partial charge in [-0.05, 0) is 18.2 Å². The highest BCUT2D eigenvalue weighted by atomic mass is 16.5. The average Bonchev–Trinajstić information content (AvgIpc) is 2.56. The summed E-state index contributed by atoms with van der Waals surface area (Å²) in [5, 5.41) is 13.9. The summed E-state index contributed by atoms with van der Waals surface area (Å²) in [5.74, 6) is 0.518. The monoisotopic (exact) mass is 300 g/mol. The molecule has 1 aliphatic rings. The fraction of sp³-hybridized carbons (Fsp3) is 0.267. The molecule has 0 spiro atoms. The van der Waals surface area contributed by atoms with Crippen molar-refractivity contribution in [1.29, 1.82) is 0 Å². The van der Waals surface area contributed by atoms with Crippen LogP contribution in [0.4, 0.5) is 11.5 Å². The predicted molar refractivity (Wildman–Crippen MR) is 80.6 cm³/mol. The van der Waals surface area contributed by atoms with Crippen molar-refractivity contribution in [2.75, 3.05) is 36.5 Å². The van der Waals surface area contributed by atoms with Crippen molar-refractivity contribution < 1.29 is 14.3 Å². The molecule has 2 aromatic rings. The van der Waals surface area contributed by atoms with E-state index in [2.05, 4.69) is 15.2 Å². The third-order valence-corrected chi connectivity index (χ3v) is 3.38. The summed E-state index contributed by atoms with van der Waals surface area (Å²) >= 11 is 0. The van der Waals surface area contributed by atoms with E-state index in [-0.39, 0.29) is 5.91 Å². The number of anilines is 2. The van der Waals surface area contributed by atoms with Crippen molar-refractivity contribution in [3.05, 3.63) is 53.6 Å². The van der Waals surface area contributed by atoms with Gasteiger partial charge >= 0.3 is 0 Å². The van der Waals surface area contributed by atoms with Gasteiger partial charge in [0, 0.05) is 19.2 Å². The second-order valence-corrected chi connectivity index (χ2v) is 4.91. The molecule has 1 fully saturated rings. The Labute approximate surface area is 127 Å². The lowest BCUT2D eigenvalue weighted by molar-refractivity contribution is -0.605. The van der Waals surface area contributed by atoms with E-state index in [4.69, 9.17) is 4.74 Å². The highest BCUT2D eigenvalue weighted by Crippen LogP contribution is 2.16. The molecule has 0 bridgehead atoms. The van der Waals surface area contributed by atoms with Gasteiger partial charge in [-0.2, -0.15) is 4.73 Å². The Morgan fingerprint density at radius 2 is 2.14 bits per heavy atom. The number of aromatic nitrogens is 2. The van der Waals surface area contributed by atoms with Crippen molar-refractivity contribution in [3.8, 4) is 0 Å². The van der Waals surface area contributed by atoms with Gasteiger partial charge in [0.2, 0.25) is 0 Å². The van der Waals surface area contributed by atoms with Crippen LogP contribution in [0.3, 0.4) is 0 Å². The number of nitrogens with zero attached hydrogens (tertiary/aromatic N) is 3. The summed E-state index contributed by atoms with van der Waals surface area (Å²) in [5.41, 5.74) is 0.887. The summed E-state index contributed by atoms with van der Waals surface area (Å²) in [6, 6.07) is 6.77. The molecule has 22 heavy (non-hydrogen) atoms. The highest BCUT2D eigenvalue weighted by Gasteiger charge is 2.13. The Hall–Kier alpha value is -2.67. The molecule has 1 N–H and O–H groups in total. The number of morpholine rings is 1. The van der Waals surface area contributed by atoms with Crippen LogP contribution in [-0.4, -0.2) is 37.2 Å². The molecule has 1 saturated heterocycles. The Morgan fingerprint density at radius 1 is 1.32 bits per heavy atom. The summed E-state index contributed by atoms with van der Waals surface area (Å²) in [7, 11) is 0. The molecule has 3 rings (SSSR count). The SMILES string of the molecule is O=C(Nc1ccc(N2CCOCC2)nc1)c1ccc[n+]([O-])c1. The van der Waals surface area contributed by atoms with Crippen LogP contribution in [-0.2, 0) is 4.74 Å². The molecule has 3 heterocycles. The van der Waals surface area contributed by atoms with E-state index in [1.807, 2.05) is 6.07 Å². The van der Waals surface area contributed by atoms with Crippen LogP contribution in [0.25, 0.3) is 0 Å². The highest BCUT2D eigenvalue weighted by molar-refractivity contribution is 6.03. The fourth-order valence-electron chi connectivity index (χ4n) is 2.23. The summed E-state index contributed by atoms with van der Waals surface area (Å²) in [6.45, 7) is 3.02. The van der Waals surface area contributed by atoms with Crippen LogP contribution < -0.4 is 14.9 Å². The topological polar surface area (TPSA) is 81.4 Å². The van der Waals surface area contributed by atoms with E-state index in [0.29, 0.717) is 29.2 Å². The van der Waals surface area contributed by atoms with E-state index in [1.165, 1.54) is 18.5 Å². The third-order valence-electron chi connectivity index (χ3n) is 3.38. The Kier molecular flexibility index (Phi) is 4.15. The van der Waals surface area contributed by atoms with Gasteiger partial charge in [0.05, 0.1) is 25.1 Å². The molecule has 0 saturated carbocycles. The maximum absolute atomic E-state index is 12.0. The first kappa shape index (κ1) is 14.3. The molecule has 0 atom stereocenters. The van der Waals surface area contributed by atoms with E-state index in [1.54, 1.807) is 18.3 Å². The Bertz CT molecular complexity index is 654. The smallest absolute Gasteiger partial charge is 0.261 e. The van der Waals surface area contributed by atoms with Gasteiger partial charge in [-0.25, -0.2) is 4.98 Å². The van der Waals surface area contributed by atoms with Gasteiger partial charge in [-0.3, -0.25) is 4.79 Å². The summed E-state index contributed by atoms with van der Waals surface area (Å²) in [4.78, 5) is 18.5. The third kappa shape index (κ3) is 3.32. The summed E-state index contributed by atoms with van der Waals surface area (Å²) in [6.07, 6.45) is 4.16. The Balaban J connectivity index is 1.66. The molecule has 0 aromatic carbocycles. The molecular formula is C15H16N4O3. The summed E-state index contributed by atoms with van der Waals surface area (Å²) < 4.78 is 5.89. The number of hydrogen-bond acceptors (Lipinski definition) is 5. The minimum Gasteiger partial charge on any atom is -0.619 e. The first-order chi connectivity index (χ1) is 10.7. The van der Waals surface area contributed by atoms with Crippen LogP contribution in [0.15, 0.2) is 42.9 Å². The zero-order valence-corrected chi connectivity index (χ0v) is 11.9. The van der Waals surface area contributed by atoms with Gasteiger partial charge in [-0.15, -0.1) is 0 Å². The molecule has 0 unspecified atom stereocenters. The van der Waals surface area contributed by atoms with E-state index < -0.39 is 0 Å². The number of carbonyl (C=O) groups is 1. The molecule has 114 valence electrons. The first-order valence-electron chi connectivity index (χ1n) is 7.01. The maximum atomic E-state index is 12.0. The number of pyridine rings is 2. The van der Waals surface area contributed by atoms with Crippen molar-refractivity contribution in [3.63, 3.8) is 0 Å². The molecule has 1 aliphatic heterocycles. The van der Waals surface area contributed by atoms with E-state index in [9.17, 15) is 10.0 Å². The van der Waals surface area contributed by atoms with E-state index >= 15 is 0 Å². The maximum Gasteiger partial charge on any atom is 0.261 e. The number of hydrogen-bond donors (Lipinski definition) is 1.